The summed E-state index contributed by atoms with van der Waals surface area (Å²) in [4.78, 5) is 2.30. The van der Waals surface area contributed by atoms with Crippen LogP contribution in [0.3, 0.4) is 0 Å². The first-order chi connectivity index (χ1) is 12.0. The number of amidine groups is 1. The van der Waals surface area contributed by atoms with Crippen molar-refractivity contribution in [3.63, 3.8) is 0 Å². The van der Waals surface area contributed by atoms with Crippen molar-refractivity contribution in [1.29, 1.82) is 0 Å². The molecule has 1 unspecified atom stereocenters. The van der Waals surface area contributed by atoms with Gasteiger partial charge in [0.15, 0.2) is 6.54 Å². The minimum atomic E-state index is -0.986. The summed E-state index contributed by atoms with van der Waals surface area (Å²) in [6.07, 6.45) is 1.09. The van der Waals surface area contributed by atoms with Crippen molar-refractivity contribution in [1.82, 2.24) is 0 Å². The van der Waals surface area contributed by atoms with E-state index in [0.717, 1.165) is 28.8 Å². The number of benzene rings is 2. The third kappa shape index (κ3) is 2.92. The molecule has 0 spiro atoms. The van der Waals surface area contributed by atoms with Gasteiger partial charge in [-0.05, 0) is 61.4 Å². The molecule has 0 aliphatic carbocycles. The van der Waals surface area contributed by atoms with Crippen LogP contribution in [0.1, 0.15) is 23.1 Å². The lowest BCUT2D eigenvalue weighted by Gasteiger charge is -2.24. The number of hydrogen-bond donors (Lipinski definition) is 1. The van der Waals surface area contributed by atoms with E-state index in [0.29, 0.717) is 6.54 Å². The van der Waals surface area contributed by atoms with Crippen molar-refractivity contribution < 1.29 is 9.68 Å². The Labute approximate surface area is 161 Å². The lowest BCUT2D eigenvalue weighted by atomic mass is 10.0. The maximum Gasteiger partial charge on any atom is 0.316 e. The molecule has 2 aromatic rings. The molecule has 5 heteroatoms. The molecule has 3 nitrogen and oxygen atoms in total. The summed E-state index contributed by atoms with van der Waals surface area (Å²) in [6, 6.07) is 14.6. The second-order valence-corrected chi connectivity index (χ2v) is 8.81. The average molecular weight is 418 g/mol. The molecule has 130 valence electrons. The molecule has 0 bridgehead atoms. The predicted octanol–water partition coefficient (Wildman–Crippen LogP) is 4.24. The van der Waals surface area contributed by atoms with Gasteiger partial charge in [-0.1, -0.05) is 40.2 Å². The molecule has 0 radical (unpaired) electrons. The molecule has 0 aromatic heterocycles. The minimum Gasteiger partial charge on any atom is -0.346 e. The molecular weight excluding hydrogens is 396 g/mol. The first kappa shape index (κ1) is 17.1. The number of aliphatic hydroxyl groups is 1. The second-order valence-electron chi connectivity index (χ2n) is 6.84. The number of thioether (sulfide) groups is 1. The molecule has 2 aliphatic heterocycles. The fourth-order valence-corrected chi connectivity index (χ4v) is 5.10. The molecule has 4 rings (SSSR count). The third-order valence-corrected chi connectivity index (χ3v) is 6.73. The van der Waals surface area contributed by atoms with Crippen molar-refractivity contribution in [2.45, 2.75) is 26.0 Å². The number of hydrogen-bond acceptors (Lipinski definition) is 3. The highest BCUT2D eigenvalue weighted by Crippen LogP contribution is 2.39. The summed E-state index contributed by atoms with van der Waals surface area (Å²) in [5, 5.41) is 12.8. The Hall–Kier alpha value is -1.30. The maximum absolute atomic E-state index is 11.7. The van der Waals surface area contributed by atoms with Crippen LogP contribution in [0.2, 0.25) is 0 Å². The van der Waals surface area contributed by atoms with Gasteiger partial charge in [0.1, 0.15) is 5.69 Å². The summed E-state index contributed by atoms with van der Waals surface area (Å²) in [5.74, 6) is 1.10. The zero-order valence-electron chi connectivity index (χ0n) is 14.5. The van der Waals surface area contributed by atoms with E-state index in [9.17, 15) is 5.11 Å². The number of halogens is 1. The lowest BCUT2D eigenvalue weighted by Crippen LogP contribution is -2.41. The average Bonchev–Trinajstić information content (AvgIpc) is 2.92. The standard InChI is InChI=1S/C20H22BrN2OS/c1-14-4-5-15(2)18(12-14)22-13-20(24,16-6-8-17(21)9-7-16)23-10-3-11-25-19(22)23/h4-9,12,24H,3,10-11,13H2,1-2H3/q+1. The van der Waals surface area contributed by atoms with Crippen LogP contribution < -0.4 is 4.90 Å². The highest BCUT2D eigenvalue weighted by molar-refractivity contribution is 9.10. The van der Waals surface area contributed by atoms with Gasteiger partial charge >= 0.3 is 5.17 Å². The van der Waals surface area contributed by atoms with Crippen LogP contribution in [0, 0.1) is 13.8 Å². The molecule has 2 heterocycles. The predicted molar refractivity (Wildman–Crippen MR) is 109 cm³/mol. The minimum absolute atomic E-state index is 0.557. The fourth-order valence-electron chi connectivity index (χ4n) is 3.66. The van der Waals surface area contributed by atoms with Gasteiger partial charge < -0.3 is 5.11 Å². The van der Waals surface area contributed by atoms with Crippen molar-refractivity contribution in [2.24, 2.45) is 0 Å². The second kappa shape index (κ2) is 6.45. The van der Waals surface area contributed by atoms with Crippen LogP contribution in [0.25, 0.3) is 0 Å². The van der Waals surface area contributed by atoms with Gasteiger partial charge in [-0.2, -0.15) is 0 Å². The molecule has 0 saturated heterocycles. The monoisotopic (exact) mass is 417 g/mol. The highest BCUT2D eigenvalue weighted by Gasteiger charge is 2.53. The van der Waals surface area contributed by atoms with Crippen LogP contribution in [-0.2, 0) is 5.72 Å². The first-order valence-electron chi connectivity index (χ1n) is 8.60. The van der Waals surface area contributed by atoms with Crippen LogP contribution in [0.4, 0.5) is 5.69 Å². The molecule has 2 aliphatic rings. The van der Waals surface area contributed by atoms with Crippen molar-refractivity contribution in [3.05, 3.63) is 63.6 Å². The van der Waals surface area contributed by atoms with Crippen LogP contribution in [0.15, 0.2) is 46.9 Å². The first-order valence-corrected chi connectivity index (χ1v) is 10.4. The molecule has 1 atom stereocenters. The molecule has 2 aromatic carbocycles. The SMILES string of the molecule is Cc1ccc(C)c(N2CC(O)(c3ccc(Br)cc3)[N+]3=C2SCCC3)c1. The van der Waals surface area contributed by atoms with E-state index >= 15 is 0 Å². The summed E-state index contributed by atoms with van der Waals surface area (Å²) >= 11 is 5.34. The van der Waals surface area contributed by atoms with Gasteiger partial charge in [0.2, 0.25) is 0 Å². The molecular formula is C20H22BrN2OS+. The summed E-state index contributed by atoms with van der Waals surface area (Å²) < 4.78 is 3.22. The van der Waals surface area contributed by atoms with Gasteiger partial charge in [-0.3, -0.25) is 0 Å². The Morgan fingerprint density at radius 3 is 2.68 bits per heavy atom. The van der Waals surface area contributed by atoms with Crippen LogP contribution >= 0.6 is 27.7 Å². The van der Waals surface area contributed by atoms with Gasteiger partial charge in [0, 0.05) is 15.8 Å². The quantitative estimate of drug-likeness (QED) is 0.740. The topological polar surface area (TPSA) is 26.5 Å². The number of anilines is 1. The Bertz CT molecular complexity index is 849. The van der Waals surface area contributed by atoms with E-state index in [2.05, 4.69) is 57.5 Å². The van der Waals surface area contributed by atoms with Gasteiger partial charge in [0.25, 0.3) is 5.72 Å². The van der Waals surface area contributed by atoms with E-state index in [1.807, 2.05) is 36.0 Å². The third-order valence-electron chi connectivity index (χ3n) is 5.01. The van der Waals surface area contributed by atoms with Crippen LogP contribution in [0.5, 0.6) is 0 Å². The van der Waals surface area contributed by atoms with Gasteiger partial charge in [-0.15, -0.1) is 0 Å². The molecule has 25 heavy (non-hydrogen) atoms. The van der Waals surface area contributed by atoms with Crippen LogP contribution in [-0.4, -0.2) is 33.7 Å². The fraction of sp³-hybridized carbons (Fsp3) is 0.350. The Balaban J connectivity index is 1.83. The van der Waals surface area contributed by atoms with Gasteiger partial charge in [-0.25, -0.2) is 9.48 Å². The normalized spacial score (nSPS) is 23.1. The van der Waals surface area contributed by atoms with Crippen molar-refractivity contribution in [3.8, 4) is 0 Å². The molecule has 0 fully saturated rings. The van der Waals surface area contributed by atoms with E-state index in [1.165, 1.54) is 22.0 Å². The van der Waals surface area contributed by atoms with E-state index in [1.54, 1.807) is 0 Å². The number of aryl methyl sites for hydroxylation is 2. The zero-order chi connectivity index (χ0) is 17.6. The lowest BCUT2D eigenvalue weighted by molar-refractivity contribution is -0.656. The summed E-state index contributed by atoms with van der Waals surface area (Å²) in [7, 11) is 0. The van der Waals surface area contributed by atoms with Crippen molar-refractivity contribution >= 4 is 38.5 Å². The molecule has 0 amide bonds. The van der Waals surface area contributed by atoms with Crippen molar-refractivity contribution in [2.75, 3.05) is 23.7 Å². The van der Waals surface area contributed by atoms with Gasteiger partial charge in [0.05, 0.1) is 6.54 Å². The summed E-state index contributed by atoms with van der Waals surface area (Å²) in [6.45, 7) is 5.71. The highest BCUT2D eigenvalue weighted by atomic mass is 79.9. The Morgan fingerprint density at radius 2 is 1.92 bits per heavy atom. The number of rotatable bonds is 2. The smallest absolute Gasteiger partial charge is 0.316 e. The Kier molecular flexibility index (Phi) is 4.42. The van der Waals surface area contributed by atoms with E-state index in [-0.39, 0.29) is 0 Å². The zero-order valence-corrected chi connectivity index (χ0v) is 16.9. The Morgan fingerprint density at radius 1 is 1.16 bits per heavy atom. The van der Waals surface area contributed by atoms with E-state index < -0.39 is 5.72 Å². The summed E-state index contributed by atoms with van der Waals surface area (Å²) in [5.41, 5.74) is 3.64. The molecule has 0 saturated carbocycles. The maximum atomic E-state index is 11.7. The number of nitrogens with zero attached hydrogens (tertiary/aromatic N) is 2. The van der Waals surface area contributed by atoms with E-state index in [4.69, 9.17) is 0 Å². The molecule has 1 N–H and O–H groups in total. The largest absolute Gasteiger partial charge is 0.346 e. The number of β-amino-alcohol motifs (C(OH)–C–C–N with tert-alkyl or cyclic N) is 1.